The van der Waals surface area contributed by atoms with Crippen molar-refractivity contribution < 1.29 is 17.2 Å². The van der Waals surface area contributed by atoms with E-state index in [2.05, 4.69) is 12.2 Å². The number of halogens is 2. The monoisotopic (exact) mass is 317 g/mol. The predicted molar refractivity (Wildman–Crippen MR) is 78.1 cm³/mol. The summed E-state index contributed by atoms with van der Waals surface area (Å²) in [5, 5.41) is 3.50. The van der Waals surface area contributed by atoms with Gasteiger partial charge in [-0.25, -0.2) is 8.42 Å². The highest BCUT2D eigenvalue weighted by molar-refractivity contribution is 7.91. The van der Waals surface area contributed by atoms with E-state index in [4.69, 9.17) is 0 Å². The molecule has 1 aliphatic rings. The van der Waals surface area contributed by atoms with Gasteiger partial charge in [0.05, 0.1) is 4.90 Å². The Morgan fingerprint density at radius 2 is 1.86 bits per heavy atom. The minimum absolute atomic E-state index is 0.314. The van der Waals surface area contributed by atoms with E-state index in [0.717, 1.165) is 24.9 Å². The standard InChI is InChI=1S/C15H21F2NO2S/c1-2-9-18-14(12-5-6-12)10-11-3-7-13(8-4-11)21(19,20)15(16)17/h3-4,7-8,12,14-15,18H,2,5-6,9-10H2,1H3. The predicted octanol–water partition coefficient (Wildman–Crippen LogP) is 3.00. The Bertz CT molecular complexity index is 554. The lowest BCUT2D eigenvalue weighted by Gasteiger charge is -2.18. The summed E-state index contributed by atoms with van der Waals surface area (Å²) in [5.74, 6) is -2.69. The second kappa shape index (κ2) is 6.83. The van der Waals surface area contributed by atoms with Crippen LogP contribution in [0.3, 0.4) is 0 Å². The summed E-state index contributed by atoms with van der Waals surface area (Å²) >= 11 is 0. The normalized spacial score (nSPS) is 17.1. The van der Waals surface area contributed by atoms with Crippen molar-refractivity contribution >= 4 is 9.84 Å². The molecule has 0 heterocycles. The molecule has 6 heteroatoms. The Morgan fingerprint density at radius 3 is 2.33 bits per heavy atom. The first-order valence-electron chi connectivity index (χ1n) is 7.29. The molecule has 0 aromatic heterocycles. The molecule has 1 aromatic carbocycles. The van der Waals surface area contributed by atoms with Crippen molar-refractivity contribution in [1.29, 1.82) is 0 Å². The quantitative estimate of drug-likeness (QED) is 0.802. The van der Waals surface area contributed by atoms with Gasteiger partial charge in [0.15, 0.2) is 0 Å². The third-order valence-corrected chi connectivity index (χ3v) is 5.19. The number of nitrogens with one attached hydrogen (secondary N) is 1. The number of hydrogen-bond acceptors (Lipinski definition) is 3. The van der Waals surface area contributed by atoms with Crippen LogP contribution in [0.4, 0.5) is 8.78 Å². The third kappa shape index (κ3) is 4.23. The van der Waals surface area contributed by atoms with Crippen molar-refractivity contribution in [2.45, 2.75) is 49.3 Å². The lowest BCUT2D eigenvalue weighted by Crippen LogP contribution is -2.33. The minimum Gasteiger partial charge on any atom is -0.313 e. The van der Waals surface area contributed by atoms with Gasteiger partial charge in [-0.3, -0.25) is 0 Å². The Labute approximate surface area is 124 Å². The van der Waals surface area contributed by atoms with Crippen LogP contribution >= 0.6 is 0 Å². The molecular formula is C15H21F2NO2S. The molecule has 118 valence electrons. The molecule has 1 fully saturated rings. The van der Waals surface area contributed by atoms with Gasteiger partial charge >= 0.3 is 5.76 Å². The zero-order chi connectivity index (χ0) is 15.5. The average molecular weight is 317 g/mol. The van der Waals surface area contributed by atoms with Gasteiger partial charge in [-0.05, 0) is 55.8 Å². The van der Waals surface area contributed by atoms with E-state index in [1.807, 2.05) is 0 Å². The van der Waals surface area contributed by atoms with Crippen LogP contribution in [0.1, 0.15) is 31.7 Å². The second-order valence-electron chi connectivity index (χ2n) is 5.55. The maximum absolute atomic E-state index is 12.5. The molecule has 21 heavy (non-hydrogen) atoms. The van der Waals surface area contributed by atoms with Crippen LogP contribution in [-0.2, 0) is 16.3 Å². The van der Waals surface area contributed by atoms with E-state index in [-0.39, 0.29) is 4.90 Å². The molecular weight excluding hydrogens is 296 g/mol. The van der Waals surface area contributed by atoms with Gasteiger partial charge in [-0.1, -0.05) is 19.1 Å². The van der Waals surface area contributed by atoms with E-state index in [9.17, 15) is 17.2 Å². The van der Waals surface area contributed by atoms with Crippen LogP contribution in [-0.4, -0.2) is 26.8 Å². The molecule has 0 bridgehead atoms. The summed E-state index contributed by atoms with van der Waals surface area (Å²) in [5.41, 5.74) is 0.976. The molecule has 1 unspecified atom stereocenters. The Hall–Kier alpha value is -1.01. The summed E-state index contributed by atoms with van der Waals surface area (Å²) in [7, 11) is -4.49. The number of rotatable bonds is 8. The first-order valence-corrected chi connectivity index (χ1v) is 8.84. The molecule has 0 saturated heterocycles. The van der Waals surface area contributed by atoms with E-state index < -0.39 is 15.6 Å². The molecule has 2 rings (SSSR count). The zero-order valence-corrected chi connectivity index (χ0v) is 12.9. The Morgan fingerprint density at radius 1 is 1.24 bits per heavy atom. The van der Waals surface area contributed by atoms with E-state index in [1.165, 1.54) is 25.0 Å². The van der Waals surface area contributed by atoms with Gasteiger partial charge in [0, 0.05) is 6.04 Å². The molecule has 0 spiro atoms. The maximum atomic E-state index is 12.5. The smallest absolute Gasteiger partial charge is 0.313 e. The van der Waals surface area contributed by atoms with Crippen molar-refractivity contribution in [3.8, 4) is 0 Å². The second-order valence-corrected chi connectivity index (χ2v) is 7.47. The molecule has 0 amide bonds. The molecule has 1 N–H and O–H groups in total. The van der Waals surface area contributed by atoms with Gasteiger partial charge in [-0.15, -0.1) is 0 Å². The van der Waals surface area contributed by atoms with Gasteiger partial charge in [0.25, 0.3) is 0 Å². The number of sulfone groups is 1. The lowest BCUT2D eigenvalue weighted by molar-refractivity contribution is 0.234. The van der Waals surface area contributed by atoms with Gasteiger partial charge in [0.2, 0.25) is 9.84 Å². The third-order valence-electron chi connectivity index (χ3n) is 3.79. The van der Waals surface area contributed by atoms with Crippen molar-refractivity contribution in [2.24, 2.45) is 5.92 Å². The molecule has 3 nitrogen and oxygen atoms in total. The molecule has 1 aliphatic carbocycles. The first-order chi connectivity index (χ1) is 9.95. The van der Waals surface area contributed by atoms with Gasteiger partial charge in [-0.2, -0.15) is 8.78 Å². The minimum atomic E-state index is -4.49. The number of hydrogen-bond donors (Lipinski definition) is 1. The fourth-order valence-electron chi connectivity index (χ4n) is 2.41. The molecule has 0 aliphatic heterocycles. The SMILES string of the molecule is CCCNC(Cc1ccc(S(=O)(=O)C(F)F)cc1)C1CC1. The van der Waals surface area contributed by atoms with Crippen LogP contribution < -0.4 is 5.32 Å². The molecule has 1 saturated carbocycles. The van der Waals surface area contributed by atoms with E-state index in [0.29, 0.717) is 12.0 Å². The summed E-state index contributed by atoms with van der Waals surface area (Å²) in [4.78, 5) is -0.314. The van der Waals surface area contributed by atoms with Gasteiger partial charge in [0.1, 0.15) is 0 Å². The first kappa shape index (κ1) is 16.4. The zero-order valence-electron chi connectivity index (χ0n) is 12.1. The van der Waals surface area contributed by atoms with Crippen LogP contribution in [0.5, 0.6) is 0 Å². The van der Waals surface area contributed by atoms with Crippen molar-refractivity contribution in [1.82, 2.24) is 5.32 Å². The van der Waals surface area contributed by atoms with E-state index >= 15 is 0 Å². The van der Waals surface area contributed by atoms with E-state index in [1.54, 1.807) is 12.1 Å². The summed E-state index contributed by atoms with van der Waals surface area (Å²) in [6.45, 7) is 3.07. The summed E-state index contributed by atoms with van der Waals surface area (Å²) in [6.07, 6.45) is 4.31. The molecule has 0 radical (unpaired) electrons. The van der Waals surface area contributed by atoms with Crippen LogP contribution in [0, 0.1) is 5.92 Å². The highest BCUT2D eigenvalue weighted by Gasteiger charge is 2.31. The maximum Gasteiger partial charge on any atom is 0.341 e. The van der Waals surface area contributed by atoms with Crippen LogP contribution in [0.2, 0.25) is 0 Å². The fraction of sp³-hybridized carbons (Fsp3) is 0.600. The molecule has 1 aromatic rings. The summed E-state index contributed by atoms with van der Waals surface area (Å²) in [6, 6.07) is 6.22. The number of benzene rings is 1. The lowest BCUT2D eigenvalue weighted by atomic mass is 10.0. The largest absolute Gasteiger partial charge is 0.341 e. The Kier molecular flexibility index (Phi) is 5.32. The highest BCUT2D eigenvalue weighted by Crippen LogP contribution is 2.34. The highest BCUT2D eigenvalue weighted by atomic mass is 32.2. The van der Waals surface area contributed by atoms with Crippen LogP contribution in [0.25, 0.3) is 0 Å². The Balaban J connectivity index is 2.04. The van der Waals surface area contributed by atoms with Crippen molar-refractivity contribution in [3.05, 3.63) is 29.8 Å². The van der Waals surface area contributed by atoms with Crippen molar-refractivity contribution in [2.75, 3.05) is 6.54 Å². The summed E-state index contributed by atoms with van der Waals surface area (Å²) < 4.78 is 47.7. The van der Waals surface area contributed by atoms with Crippen LogP contribution in [0.15, 0.2) is 29.2 Å². The van der Waals surface area contributed by atoms with Gasteiger partial charge < -0.3 is 5.32 Å². The fourth-order valence-corrected chi connectivity index (χ4v) is 3.13. The molecule has 1 atom stereocenters. The topological polar surface area (TPSA) is 46.2 Å². The van der Waals surface area contributed by atoms with Crippen molar-refractivity contribution in [3.63, 3.8) is 0 Å². The number of alkyl halides is 2. The average Bonchev–Trinajstić information content (AvgIpc) is 3.28.